The van der Waals surface area contributed by atoms with E-state index in [2.05, 4.69) is 0 Å². The number of allylic oxidation sites excluding steroid dienone is 2. The third-order valence-corrected chi connectivity index (χ3v) is 2.60. The minimum absolute atomic E-state index is 0.296. The lowest BCUT2D eigenvalue weighted by Gasteiger charge is -2.23. The average Bonchev–Trinajstić information content (AvgIpc) is 2.76. The van der Waals surface area contributed by atoms with E-state index in [-0.39, 0.29) is 12.1 Å². The molecule has 0 atom stereocenters. The van der Waals surface area contributed by atoms with Crippen molar-refractivity contribution < 1.29 is 19.1 Å². The molecule has 5 nitrogen and oxygen atoms in total. The number of hydrogen-bond acceptors (Lipinski definition) is 4. The standard InChI is InChI=1S/C15H23NO4/c1-5-19-13(17)8-6-7-12-9-10-16(11-12)14(18)20-15(2,3)4/h6-8H,5,9-11H2,1-4H3. The molecular formula is C15H23NO4. The molecule has 112 valence electrons. The minimum atomic E-state index is -0.479. The summed E-state index contributed by atoms with van der Waals surface area (Å²) in [5, 5.41) is 0. The highest BCUT2D eigenvalue weighted by atomic mass is 16.6. The first-order valence-corrected chi connectivity index (χ1v) is 6.82. The summed E-state index contributed by atoms with van der Waals surface area (Å²) < 4.78 is 10.1. The van der Waals surface area contributed by atoms with Gasteiger partial charge in [0.05, 0.1) is 6.61 Å². The Morgan fingerprint density at radius 1 is 1.35 bits per heavy atom. The number of nitrogens with zero attached hydrogens (tertiary/aromatic N) is 1. The molecule has 1 rings (SSSR count). The molecule has 0 radical (unpaired) electrons. The van der Waals surface area contributed by atoms with Crippen LogP contribution in [0.4, 0.5) is 4.79 Å². The number of esters is 1. The monoisotopic (exact) mass is 281 g/mol. The van der Waals surface area contributed by atoms with Crippen LogP contribution >= 0.6 is 0 Å². The summed E-state index contributed by atoms with van der Waals surface area (Å²) in [6.45, 7) is 8.86. The first kappa shape index (κ1) is 16.3. The van der Waals surface area contributed by atoms with Gasteiger partial charge in [0.25, 0.3) is 0 Å². The van der Waals surface area contributed by atoms with Gasteiger partial charge in [-0.3, -0.25) is 0 Å². The van der Waals surface area contributed by atoms with Crippen LogP contribution < -0.4 is 0 Å². The summed E-state index contributed by atoms with van der Waals surface area (Å²) >= 11 is 0. The van der Waals surface area contributed by atoms with Gasteiger partial charge in [-0.25, -0.2) is 9.59 Å². The summed E-state index contributed by atoms with van der Waals surface area (Å²) in [4.78, 5) is 24.6. The zero-order valence-electron chi connectivity index (χ0n) is 12.6. The first-order valence-electron chi connectivity index (χ1n) is 6.82. The van der Waals surface area contributed by atoms with Crippen molar-refractivity contribution in [2.45, 2.75) is 39.7 Å². The Morgan fingerprint density at radius 2 is 2.05 bits per heavy atom. The van der Waals surface area contributed by atoms with Crippen LogP contribution in [0.25, 0.3) is 0 Å². The van der Waals surface area contributed by atoms with E-state index in [0.717, 1.165) is 12.0 Å². The number of rotatable bonds is 3. The molecule has 1 aliphatic heterocycles. The molecule has 0 aromatic heterocycles. The van der Waals surface area contributed by atoms with E-state index in [9.17, 15) is 9.59 Å². The van der Waals surface area contributed by atoms with Gasteiger partial charge in [-0.1, -0.05) is 12.2 Å². The Balaban J connectivity index is 2.47. The van der Waals surface area contributed by atoms with Crippen LogP contribution in [-0.4, -0.2) is 42.3 Å². The van der Waals surface area contributed by atoms with Crippen molar-refractivity contribution in [3.8, 4) is 0 Å². The summed E-state index contributed by atoms with van der Waals surface area (Å²) in [6, 6.07) is 0. The average molecular weight is 281 g/mol. The number of ether oxygens (including phenoxy) is 2. The molecule has 5 heteroatoms. The van der Waals surface area contributed by atoms with Gasteiger partial charge in [-0.05, 0) is 39.7 Å². The molecule has 20 heavy (non-hydrogen) atoms. The van der Waals surface area contributed by atoms with E-state index in [0.29, 0.717) is 19.7 Å². The highest BCUT2D eigenvalue weighted by Gasteiger charge is 2.26. The fourth-order valence-corrected chi connectivity index (χ4v) is 1.75. The highest BCUT2D eigenvalue weighted by Crippen LogP contribution is 2.18. The van der Waals surface area contributed by atoms with E-state index in [1.54, 1.807) is 17.9 Å². The maximum Gasteiger partial charge on any atom is 0.410 e. The SMILES string of the molecule is CCOC(=O)C=CC=C1CCN(C(=O)OC(C)(C)C)C1. The van der Waals surface area contributed by atoms with Gasteiger partial charge in [-0.15, -0.1) is 0 Å². The topological polar surface area (TPSA) is 55.8 Å². The van der Waals surface area contributed by atoms with Gasteiger partial charge in [0, 0.05) is 19.2 Å². The number of likely N-dealkylation sites (tertiary alicyclic amines) is 1. The van der Waals surface area contributed by atoms with Gasteiger partial charge in [0.15, 0.2) is 0 Å². The van der Waals surface area contributed by atoms with E-state index in [1.807, 2.05) is 26.8 Å². The second-order valence-corrected chi connectivity index (χ2v) is 5.59. The van der Waals surface area contributed by atoms with Crippen LogP contribution in [0.5, 0.6) is 0 Å². The molecule has 1 fully saturated rings. The van der Waals surface area contributed by atoms with Crippen molar-refractivity contribution in [3.63, 3.8) is 0 Å². The Labute approximate surface area is 120 Å². The van der Waals surface area contributed by atoms with Crippen molar-refractivity contribution in [3.05, 3.63) is 23.8 Å². The lowest BCUT2D eigenvalue weighted by molar-refractivity contribution is -0.137. The van der Waals surface area contributed by atoms with Gasteiger partial charge < -0.3 is 14.4 Å². The predicted octanol–water partition coefficient (Wildman–Crippen LogP) is 2.67. The molecule has 1 amide bonds. The molecule has 0 aromatic rings. The van der Waals surface area contributed by atoms with Crippen LogP contribution in [-0.2, 0) is 14.3 Å². The van der Waals surface area contributed by atoms with E-state index < -0.39 is 5.60 Å². The Kier molecular flexibility index (Phi) is 5.80. The smallest absolute Gasteiger partial charge is 0.410 e. The van der Waals surface area contributed by atoms with Gasteiger partial charge >= 0.3 is 12.1 Å². The molecule has 1 aliphatic rings. The van der Waals surface area contributed by atoms with Crippen LogP contribution in [0.1, 0.15) is 34.1 Å². The maximum atomic E-state index is 11.9. The molecule has 0 spiro atoms. The van der Waals surface area contributed by atoms with Gasteiger partial charge in [-0.2, -0.15) is 0 Å². The molecule has 0 aliphatic carbocycles. The lowest BCUT2D eigenvalue weighted by Crippen LogP contribution is -2.34. The summed E-state index contributed by atoms with van der Waals surface area (Å²) in [5.41, 5.74) is 0.615. The van der Waals surface area contributed by atoms with Crippen molar-refractivity contribution in [2.75, 3.05) is 19.7 Å². The molecule has 0 unspecified atom stereocenters. The third kappa shape index (κ3) is 5.91. The number of carbonyl (C=O) groups excluding carboxylic acids is 2. The molecule has 0 N–H and O–H groups in total. The fraction of sp³-hybridized carbons (Fsp3) is 0.600. The number of carbonyl (C=O) groups is 2. The Bertz CT molecular complexity index is 418. The van der Waals surface area contributed by atoms with Gasteiger partial charge in [0.1, 0.15) is 5.60 Å². The number of hydrogen-bond donors (Lipinski definition) is 0. The largest absolute Gasteiger partial charge is 0.463 e. The first-order chi connectivity index (χ1) is 9.31. The quantitative estimate of drug-likeness (QED) is 0.589. The second kappa shape index (κ2) is 7.12. The van der Waals surface area contributed by atoms with E-state index in [1.165, 1.54) is 6.08 Å². The minimum Gasteiger partial charge on any atom is -0.463 e. The van der Waals surface area contributed by atoms with E-state index in [4.69, 9.17) is 9.47 Å². The van der Waals surface area contributed by atoms with Crippen LogP contribution in [0.2, 0.25) is 0 Å². The van der Waals surface area contributed by atoms with Crippen molar-refractivity contribution in [1.29, 1.82) is 0 Å². The molecule has 0 aromatic carbocycles. The molecule has 1 saturated heterocycles. The normalized spacial score (nSPS) is 17.8. The van der Waals surface area contributed by atoms with Crippen LogP contribution in [0.15, 0.2) is 23.8 Å². The predicted molar refractivity (Wildman–Crippen MR) is 76.3 cm³/mol. The summed E-state index contributed by atoms with van der Waals surface area (Å²) in [7, 11) is 0. The van der Waals surface area contributed by atoms with Crippen molar-refractivity contribution in [2.24, 2.45) is 0 Å². The van der Waals surface area contributed by atoms with Crippen LogP contribution in [0, 0.1) is 0 Å². The summed E-state index contributed by atoms with van der Waals surface area (Å²) in [6.07, 6.45) is 5.39. The maximum absolute atomic E-state index is 11.9. The van der Waals surface area contributed by atoms with Crippen LogP contribution in [0.3, 0.4) is 0 Å². The lowest BCUT2D eigenvalue weighted by atomic mass is 10.2. The molecule has 0 bridgehead atoms. The Hall–Kier alpha value is -1.78. The summed E-state index contributed by atoms with van der Waals surface area (Å²) in [5.74, 6) is -0.355. The molecule has 0 saturated carbocycles. The highest BCUT2D eigenvalue weighted by molar-refractivity contribution is 5.82. The third-order valence-electron chi connectivity index (χ3n) is 2.60. The zero-order valence-corrected chi connectivity index (χ0v) is 12.6. The fourth-order valence-electron chi connectivity index (χ4n) is 1.75. The Morgan fingerprint density at radius 3 is 2.65 bits per heavy atom. The number of amides is 1. The molecular weight excluding hydrogens is 258 g/mol. The molecule has 1 heterocycles. The van der Waals surface area contributed by atoms with Gasteiger partial charge in [0.2, 0.25) is 0 Å². The van der Waals surface area contributed by atoms with Crippen molar-refractivity contribution in [1.82, 2.24) is 4.90 Å². The van der Waals surface area contributed by atoms with E-state index >= 15 is 0 Å². The van der Waals surface area contributed by atoms with Crippen molar-refractivity contribution >= 4 is 12.1 Å². The second-order valence-electron chi connectivity index (χ2n) is 5.59. The zero-order chi connectivity index (χ0) is 15.2.